The van der Waals surface area contributed by atoms with Crippen molar-refractivity contribution in [2.45, 2.75) is 57.6 Å². The van der Waals surface area contributed by atoms with E-state index in [1.807, 2.05) is 20.8 Å². The molecule has 104 valence electrons. The molecular weight excluding hydrogens is 228 g/mol. The van der Waals surface area contributed by atoms with Crippen molar-refractivity contribution < 1.29 is 9.47 Å². The van der Waals surface area contributed by atoms with Gasteiger partial charge in [-0.15, -0.1) is 0 Å². The summed E-state index contributed by atoms with van der Waals surface area (Å²) in [6.07, 6.45) is 3.80. The number of hydrogen-bond acceptors (Lipinski definition) is 4. The third-order valence-electron chi connectivity index (χ3n) is 3.45. The van der Waals surface area contributed by atoms with Crippen molar-refractivity contribution in [2.75, 3.05) is 19.8 Å². The first-order valence-corrected chi connectivity index (χ1v) is 6.79. The number of rotatable bonds is 6. The highest BCUT2D eigenvalue weighted by Crippen LogP contribution is 2.35. The lowest BCUT2D eigenvalue weighted by molar-refractivity contribution is -0.0364. The first-order valence-electron chi connectivity index (χ1n) is 6.79. The number of nitrogens with two attached hydrogens (primary N) is 1. The fourth-order valence-electron chi connectivity index (χ4n) is 2.39. The van der Waals surface area contributed by atoms with Crippen LogP contribution in [0.3, 0.4) is 0 Å². The Hall–Kier alpha value is -0.630. The molecule has 4 heteroatoms. The van der Waals surface area contributed by atoms with E-state index in [1.54, 1.807) is 0 Å². The minimum atomic E-state index is -0.620. The second-order valence-corrected chi connectivity index (χ2v) is 6.10. The molecule has 1 saturated carbocycles. The summed E-state index contributed by atoms with van der Waals surface area (Å²) in [6, 6.07) is 2.26. The summed E-state index contributed by atoms with van der Waals surface area (Å²) in [6.45, 7) is 7.97. The first kappa shape index (κ1) is 15.4. The summed E-state index contributed by atoms with van der Waals surface area (Å²) < 4.78 is 11.1. The molecule has 4 nitrogen and oxygen atoms in total. The Kier molecular flexibility index (Phi) is 5.58. The topological polar surface area (TPSA) is 68.3 Å². The van der Waals surface area contributed by atoms with E-state index in [-0.39, 0.29) is 11.5 Å². The lowest BCUT2D eigenvalue weighted by atomic mass is 9.87. The predicted molar refractivity (Wildman–Crippen MR) is 71.0 cm³/mol. The van der Waals surface area contributed by atoms with Gasteiger partial charge in [0.25, 0.3) is 0 Å². The molecule has 18 heavy (non-hydrogen) atoms. The van der Waals surface area contributed by atoms with E-state index >= 15 is 0 Å². The molecule has 0 aromatic rings. The summed E-state index contributed by atoms with van der Waals surface area (Å²) in [7, 11) is 0. The second kappa shape index (κ2) is 6.51. The van der Waals surface area contributed by atoms with Crippen LogP contribution < -0.4 is 5.73 Å². The molecule has 1 fully saturated rings. The molecule has 0 spiro atoms. The normalized spacial score (nSPS) is 28.3. The van der Waals surface area contributed by atoms with Crippen LogP contribution in [0.2, 0.25) is 0 Å². The average Bonchev–Trinajstić information content (AvgIpc) is 2.65. The van der Waals surface area contributed by atoms with Gasteiger partial charge in [-0.2, -0.15) is 5.26 Å². The Morgan fingerprint density at radius 3 is 2.67 bits per heavy atom. The molecule has 1 rings (SSSR count). The van der Waals surface area contributed by atoms with Crippen LogP contribution in [0.25, 0.3) is 0 Å². The van der Waals surface area contributed by atoms with Gasteiger partial charge in [0.15, 0.2) is 0 Å². The molecule has 0 heterocycles. The Morgan fingerprint density at radius 1 is 1.33 bits per heavy atom. The highest BCUT2D eigenvalue weighted by atomic mass is 16.5. The van der Waals surface area contributed by atoms with Crippen molar-refractivity contribution >= 4 is 0 Å². The summed E-state index contributed by atoms with van der Waals surface area (Å²) in [5.41, 5.74) is 5.33. The van der Waals surface area contributed by atoms with Gasteiger partial charge in [-0.25, -0.2) is 0 Å². The summed E-state index contributed by atoms with van der Waals surface area (Å²) >= 11 is 0. The van der Waals surface area contributed by atoms with Crippen LogP contribution in [0.15, 0.2) is 0 Å². The maximum absolute atomic E-state index is 9.09. The summed E-state index contributed by atoms with van der Waals surface area (Å²) in [5, 5.41) is 9.09. The Morgan fingerprint density at radius 2 is 2.06 bits per heavy atom. The van der Waals surface area contributed by atoms with Gasteiger partial charge in [0, 0.05) is 6.61 Å². The minimum absolute atomic E-state index is 0.109. The molecule has 0 bridgehead atoms. The molecule has 2 atom stereocenters. The Bertz CT molecular complexity index is 293. The third-order valence-corrected chi connectivity index (χ3v) is 3.45. The van der Waals surface area contributed by atoms with E-state index in [1.165, 1.54) is 0 Å². The van der Waals surface area contributed by atoms with Crippen LogP contribution in [0.4, 0.5) is 0 Å². The van der Waals surface area contributed by atoms with Crippen molar-refractivity contribution in [3.05, 3.63) is 0 Å². The van der Waals surface area contributed by atoms with Crippen LogP contribution in [0.1, 0.15) is 46.5 Å². The quantitative estimate of drug-likeness (QED) is 0.738. The Balaban J connectivity index is 2.10. The SMILES string of the molecule is CC(C)(C)OCCOCCC1CCCC1(N)C#N. The van der Waals surface area contributed by atoms with Gasteiger partial charge < -0.3 is 15.2 Å². The zero-order valence-corrected chi connectivity index (χ0v) is 11.9. The molecule has 2 N–H and O–H groups in total. The van der Waals surface area contributed by atoms with Gasteiger partial charge in [-0.05, 0) is 46.0 Å². The summed E-state index contributed by atoms with van der Waals surface area (Å²) in [5.74, 6) is 0.283. The van der Waals surface area contributed by atoms with E-state index in [4.69, 9.17) is 20.5 Å². The number of ether oxygens (including phenoxy) is 2. The highest BCUT2D eigenvalue weighted by Gasteiger charge is 2.39. The maximum Gasteiger partial charge on any atom is 0.107 e. The maximum atomic E-state index is 9.09. The van der Waals surface area contributed by atoms with Gasteiger partial charge in [-0.1, -0.05) is 6.42 Å². The molecule has 1 aliphatic carbocycles. The molecule has 0 amide bonds. The lowest BCUT2D eigenvalue weighted by Gasteiger charge is -2.24. The van der Waals surface area contributed by atoms with Crippen molar-refractivity contribution in [1.29, 1.82) is 5.26 Å². The summed E-state index contributed by atoms with van der Waals surface area (Å²) in [4.78, 5) is 0. The van der Waals surface area contributed by atoms with Crippen molar-refractivity contribution in [1.82, 2.24) is 0 Å². The number of hydrogen-bond donors (Lipinski definition) is 1. The van der Waals surface area contributed by atoms with Gasteiger partial charge >= 0.3 is 0 Å². The minimum Gasteiger partial charge on any atom is -0.379 e. The zero-order chi connectivity index (χ0) is 13.6. The van der Waals surface area contributed by atoms with E-state index in [9.17, 15) is 0 Å². The van der Waals surface area contributed by atoms with Crippen molar-refractivity contribution in [2.24, 2.45) is 11.7 Å². The van der Waals surface area contributed by atoms with Crippen LogP contribution >= 0.6 is 0 Å². The monoisotopic (exact) mass is 254 g/mol. The Labute approximate surface area is 110 Å². The van der Waals surface area contributed by atoms with Gasteiger partial charge in [0.1, 0.15) is 5.54 Å². The van der Waals surface area contributed by atoms with Crippen molar-refractivity contribution in [3.8, 4) is 6.07 Å². The molecule has 2 unspecified atom stereocenters. The smallest absolute Gasteiger partial charge is 0.107 e. The zero-order valence-electron chi connectivity index (χ0n) is 11.9. The first-order chi connectivity index (χ1) is 8.37. The molecule has 0 radical (unpaired) electrons. The van der Waals surface area contributed by atoms with Crippen LogP contribution in [0, 0.1) is 17.2 Å². The molecule has 0 aliphatic heterocycles. The largest absolute Gasteiger partial charge is 0.379 e. The van der Waals surface area contributed by atoms with Crippen LogP contribution in [0.5, 0.6) is 0 Å². The fraction of sp³-hybridized carbons (Fsp3) is 0.929. The van der Waals surface area contributed by atoms with E-state index in [0.717, 1.165) is 25.7 Å². The van der Waals surface area contributed by atoms with Gasteiger partial charge in [-0.3, -0.25) is 0 Å². The fourth-order valence-corrected chi connectivity index (χ4v) is 2.39. The van der Waals surface area contributed by atoms with E-state index in [0.29, 0.717) is 19.8 Å². The van der Waals surface area contributed by atoms with Gasteiger partial charge in [0.2, 0.25) is 0 Å². The number of nitriles is 1. The van der Waals surface area contributed by atoms with Crippen LogP contribution in [-0.2, 0) is 9.47 Å². The predicted octanol–water partition coefficient (Wildman–Crippen LogP) is 2.23. The molecular formula is C14H26N2O2. The van der Waals surface area contributed by atoms with Gasteiger partial charge in [0.05, 0.1) is 24.9 Å². The van der Waals surface area contributed by atoms with Crippen LogP contribution in [-0.4, -0.2) is 31.0 Å². The highest BCUT2D eigenvalue weighted by molar-refractivity contribution is 5.11. The standard InChI is InChI=1S/C14H26N2O2/c1-13(2,3)18-10-9-17-8-6-12-5-4-7-14(12,16)11-15/h12H,4-10,16H2,1-3H3. The third kappa shape index (κ3) is 4.93. The molecule has 1 aliphatic rings. The van der Waals surface area contributed by atoms with E-state index < -0.39 is 5.54 Å². The lowest BCUT2D eigenvalue weighted by Crippen LogP contribution is -2.42. The average molecular weight is 254 g/mol. The van der Waals surface area contributed by atoms with E-state index in [2.05, 4.69) is 6.07 Å². The second-order valence-electron chi connectivity index (χ2n) is 6.10. The van der Waals surface area contributed by atoms with Crippen molar-refractivity contribution in [3.63, 3.8) is 0 Å². The molecule has 0 aromatic heterocycles. The molecule has 0 aromatic carbocycles. The number of nitrogens with zero attached hydrogens (tertiary/aromatic N) is 1. The molecule has 0 saturated heterocycles.